The molecule has 0 atom stereocenters. The molecule has 0 radical (unpaired) electrons. The van der Waals surface area contributed by atoms with Gasteiger partial charge in [0.15, 0.2) is 0 Å². The molecule has 0 heterocycles. The van der Waals surface area contributed by atoms with Gasteiger partial charge >= 0.3 is 73.7 Å². The van der Waals surface area contributed by atoms with Gasteiger partial charge in [-0.25, -0.2) is 0 Å². The summed E-state index contributed by atoms with van der Waals surface area (Å²) in [6.45, 7) is 0. The number of hydrogen-bond donors (Lipinski definition) is 0. The molecule has 0 nitrogen and oxygen atoms in total. The van der Waals surface area contributed by atoms with E-state index in [1.165, 1.54) is 15.2 Å². The minimum absolute atomic E-state index is 1.29. The third-order valence-electron chi connectivity index (χ3n) is 1.77. The molecule has 0 saturated carbocycles. The van der Waals surface area contributed by atoms with Crippen LogP contribution in [0.15, 0.2) is 42.5 Å². The summed E-state index contributed by atoms with van der Waals surface area (Å²) in [6, 6.07) is 14.7. The van der Waals surface area contributed by atoms with Crippen molar-refractivity contribution in [3.05, 3.63) is 42.5 Å². The number of rotatable bonds is 0. The van der Waals surface area contributed by atoms with E-state index in [0.717, 1.165) is 0 Å². The first-order valence-electron chi connectivity index (χ1n) is 3.54. The van der Waals surface area contributed by atoms with Gasteiger partial charge in [-0.1, -0.05) is 0 Å². The molecule has 11 heavy (non-hydrogen) atoms. The summed E-state index contributed by atoms with van der Waals surface area (Å²) >= 11 is 2.59. The Balaban J connectivity index is 2.91. The molecule has 0 N–H and O–H groups in total. The van der Waals surface area contributed by atoms with Crippen molar-refractivity contribution in [2.45, 2.75) is 0 Å². The summed E-state index contributed by atoms with van der Waals surface area (Å²) in [5.41, 5.74) is 0. The van der Waals surface area contributed by atoms with E-state index in [2.05, 4.69) is 58.5 Å². The van der Waals surface area contributed by atoms with Crippen LogP contribution < -0.4 is 4.46 Å². The maximum absolute atomic E-state index is 2.59. The van der Waals surface area contributed by atoms with E-state index in [4.69, 9.17) is 0 Å². The average Bonchev–Trinajstić information content (AvgIpc) is 2.06. The van der Waals surface area contributed by atoms with Crippen molar-refractivity contribution in [1.82, 2.24) is 0 Å². The molecule has 2 aromatic rings. The maximum atomic E-state index is 2.59. The van der Waals surface area contributed by atoms with Gasteiger partial charge in [-0.2, -0.15) is 0 Å². The van der Waals surface area contributed by atoms with Gasteiger partial charge in [-0.05, 0) is 0 Å². The Bertz CT molecular complexity index is 374. The Morgan fingerprint density at radius 2 is 1.55 bits per heavy atom. The summed E-state index contributed by atoms with van der Waals surface area (Å²) in [5, 5.41) is 2.64. The van der Waals surface area contributed by atoms with Gasteiger partial charge in [0.1, 0.15) is 0 Å². The first kappa shape index (κ1) is 6.90. The fraction of sp³-hybridized carbons (Fsp3) is 0. The molecule has 54 valence electrons. The fourth-order valence-electron chi connectivity index (χ4n) is 1.21. The summed E-state index contributed by atoms with van der Waals surface area (Å²) < 4.78 is 1.29. The van der Waals surface area contributed by atoms with E-state index in [1.54, 1.807) is 0 Å². The molecule has 0 aliphatic carbocycles. The first-order valence-corrected chi connectivity index (χ1v) is 4.48. The Morgan fingerprint density at radius 3 is 2.36 bits per heavy atom. The van der Waals surface area contributed by atoms with Gasteiger partial charge < -0.3 is 0 Å². The summed E-state index contributed by atoms with van der Waals surface area (Å²) in [5.74, 6) is 0. The van der Waals surface area contributed by atoms with Crippen molar-refractivity contribution in [2.75, 3.05) is 0 Å². The molecule has 0 spiro atoms. The van der Waals surface area contributed by atoms with Gasteiger partial charge in [0.25, 0.3) is 0 Å². The Hall–Kier alpha value is -0.781. The van der Waals surface area contributed by atoms with Crippen molar-refractivity contribution in [1.29, 1.82) is 0 Å². The van der Waals surface area contributed by atoms with Crippen LogP contribution in [0.1, 0.15) is 0 Å². The van der Waals surface area contributed by atoms with Crippen molar-refractivity contribution < 1.29 is 0 Å². The van der Waals surface area contributed by atoms with E-state index in [-0.39, 0.29) is 0 Å². The molecule has 0 aromatic heterocycles. The van der Waals surface area contributed by atoms with E-state index >= 15 is 0 Å². The number of hydrogen-bond acceptors (Lipinski definition) is 0. The van der Waals surface area contributed by atoms with Gasteiger partial charge in [0.05, 0.1) is 0 Å². The van der Waals surface area contributed by atoms with Crippen LogP contribution in [-0.4, -0.2) is 16.0 Å². The van der Waals surface area contributed by atoms with Crippen LogP contribution in [0.2, 0.25) is 0 Å². The standard InChI is InChI=1S/C10H8Se/c11-10-7-3-5-8-4-1-2-6-9(8)10/h1-7,11H. The second-order valence-electron chi connectivity index (χ2n) is 2.50. The molecular formula is C10H8Se. The summed E-state index contributed by atoms with van der Waals surface area (Å²) in [7, 11) is 0. The second kappa shape index (κ2) is 2.69. The van der Waals surface area contributed by atoms with E-state index in [1.807, 2.05) is 0 Å². The number of fused-ring (bicyclic) bond motifs is 1. The van der Waals surface area contributed by atoms with Gasteiger partial charge in [-0.3, -0.25) is 0 Å². The van der Waals surface area contributed by atoms with Crippen molar-refractivity contribution >= 4 is 31.2 Å². The molecule has 0 fully saturated rings. The van der Waals surface area contributed by atoms with Crippen LogP contribution in [0.3, 0.4) is 0 Å². The van der Waals surface area contributed by atoms with Crippen LogP contribution >= 0.6 is 0 Å². The molecule has 2 rings (SSSR count). The molecule has 0 aliphatic heterocycles. The van der Waals surface area contributed by atoms with E-state index < -0.39 is 0 Å². The predicted octanol–water partition coefficient (Wildman–Crippen LogP) is 1.37. The van der Waals surface area contributed by atoms with Crippen LogP contribution in [-0.2, 0) is 0 Å². The molecule has 0 aliphatic rings. The monoisotopic (exact) mass is 208 g/mol. The summed E-state index contributed by atoms with van der Waals surface area (Å²) in [4.78, 5) is 0. The topological polar surface area (TPSA) is 0 Å². The van der Waals surface area contributed by atoms with Crippen LogP contribution in [0, 0.1) is 0 Å². The van der Waals surface area contributed by atoms with Crippen molar-refractivity contribution in [2.24, 2.45) is 0 Å². The van der Waals surface area contributed by atoms with Gasteiger partial charge in [0.2, 0.25) is 0 Å². The molecule has 1 heteroatoms. The Labute approximate surface area is 74.0 Å². The van der Waals surface area contributed by atoms with Gasteiger partial charge in [-0.15, -0.1) is 0 Å². The third kappa shape index (κ3) is 1.18. The zero-order valence-corrected chi connectivity index (χ0v) is 7.87. The minimum atomic E-state index is 1.29. The van der Waals surface area contributed by atoms with Crippen LogP contribution in [0.25, 0.3) is 10.8 Å². The summed E-state index contributed by atoms with van der Waals surface area (Å²) in [6.07, 6.45) is 0. The van der Waals surface area contributed by atoms with Crippen LogP contribution in [0.5, 0.6) is 0 Å². The Kier molecular flexibility index (Phi) is 1.69. The molecule has 2 aromatic carbocycles. The molecule has 0 saturated heterocycles. The normalized spacial score (nSPS) is 10.3. The second-order valence-corrected chi connectivity index (χ2v) is 3.51. The zero-order chi connectivity index (χ0) is 7.68. The van der Waals surface area contributed by atoms with Crippen molar-refractivity contribution in [3.63, 3.8) is 0 Å². The quantitative estimate of drug-likeness (QED) is 0.572. The van der Waals surface area contributed by atoms with E-state index in [9.17, 15) is 0 Å². The average molecular weight is 207 g/mol. The van der Waals surface area contributed by atoms with Crippen LogP contribution in [0.4, 0.5) is 0 Å². The molecule has 0 amide bonds. The van der Waals surface area contributed by atoms with Crippen molar-refractivity contribution in [3.8, 4) is 0 Å². The molecule has 0 unspecified atom stereocenters. The van der Waals surface area contributed by atoms with Gasteiger partial charge in [0, 0.05) is 0 Å². The number of benzene rings is 2. The predicted molar refractivity (Wildman–Crippen MR) is 50.7 cm³/mol. The first-order chi connectivity index (χ1) is 5.38. The zero-order valence-electron chi connectivity index (χ0n) is 5.99. The molecular weight excluding hydrogens is 199 g/mol. The fourth-order valence-corrected chi connectivity index (χ4v) is 1.82. The Morgan fingerprint density at radius 1 is 0.818 bits per heavy atom. The van der Waals surface area contributed by atoms with E-state index in [0.29, 0.717) is 0 Å². The SMILES string of the molecule is [SeH]c1cccc2ccccc12. The molecule has 0 bridgehead atoms. The third-order valence-corrected chi connectivity index (χ3v) is 2.58.